The highest BCUT2D eigenvalue weighted by molar-refractivity contribution is 6.35. The molecule has 3 aromatic rings. The minimum absolute atomic E-state index is 0.226. The summed E-state index contributed by atoms with van der Waals surface area (Å²) in [7, 11) is 0. The standard InChI is InChI=1S/C19H15Cl2N3O/c20-14-6-8-16(21)18(10-14)24-15-7-9-17(22-12-15)19(25)23-11-13-4-2-1-3-5-13/h1-10,12,24H,11H2,(H,23,25). The molecule has 0 aliphatic rings. The Morgan fingerprint density at radius 1 is 1.00 bits per heavy atom. The van der Waals surface area contributed by atoms with Crippen molar-refractivity contribution < 1.29 is 4.79 Å². The molecule has 1 aromatic heterocycles. The molecule has 3 rings (SSSR count). The lowest BCUT2D eigenvalue weighted by Gasteiger charge is -2.09. The fraction of sp³-hybridized carbons (Fsp3) is 0.0526. The largest absolute Gasteiger partial charge is 0.353 e. The molecule has 0 bridgehead atoms. The average molecular weight is 372 g/mol. The number of pyridine rings is 1. The van der Waals surface area contributed by atoms with Crippen LogP contribution in [0.1, 0.15) is 16.1 Å². The second kappa shape index (κ2) is 8.01. The lowest BCUT2D eigenvalue weighted by atomic mass is 10.2. The Hall–Kier alpha value is -2.56. The van der Waals surface area contributed by atoms with Crippen molar-refractivity contribution in [2.24, 2.45) is 0 Å². The number of halogens is 2. The highest BCUT2D eigenvalue weighted by Crippen LogP contribution is 2.28. The third kappa shape index (κ3) is 4.72. The first-order valence-corrected chi connectivity index (χ1v) is 8.38. The first-order chi connectivity index (χ1) is 12.1. The highest BCUT2D eigenvalue weighted by Gasteiger charge is 2.08. The molecule has 1 amide bonds. The summed E-state index contributed by atoms with van der Waals surface area (Å²) < 4.78 is 0. The normalized spacial score (nSPS) is 10.3. The molecule has 2 aromatic carbocycles. The summed E-state index contributed by atoms with van der Waals surface area (Å²) in [5.41, 5.74) is 2.77. The number of hydrogen-bond donors (Lipinski definition) is 2. The Morgan fingerprint density at radius 2 is 1.80 bits per heavy atom. The zero-order chi connectivity index (χ0) is 17.6. The number of nitrogens with zero attached hydrogens (tertiary/aromatic N) is 1. The summed E-state index contributed by atoms with van der Waals surface area (Å²) in [4.78, 5) is 16.3. The minimum atomic E-state index is -0.226. The molecule has 0 fully saturated rings. The Balaban J connectivity index is 1.63. The molecule has 0 aliphatic carbocycles. The van der Waals surface area contributed by atoms with Gasteiger partial charge in [0.1, 0.15) is 5.69 Å². The molecule has 4 nitrogen and oxygen atoms in total. The van der Waals surface area contributed by atoms with Crippen LogP contribution in [-0.4, -0.2) is 10.9 Å². The maximum Gasteiger partial charge on any atom is 0.270 e. The van der Waals surface area contributed by atoms with E-state index >= 15 is 0 Å². The Bertz CT molecular complexity index is 868. The molecule has 0 saturated carbocycles. The molecule has 2 N–H and O–H groups in total. The molecule has 0 radical (unpaired) electrons. The van der Waals surface area contributed by atoms with E-state index in [0.717, 1.165) is 5.56 Å². The topological polar surface area (TPSA) is 54.0 Å². The van der Waals surface area contributed by atoms with Crippen molar-refractivity contribution in [3.05, 3.63) is 88.2 Å². The number of aromatic nitrogens is 1. The number of rotatable bonds is 5. The van der Waals surface area contributed by atoms with E-state index in [-0.39, 0.29) is 5.91 Å². The predicted octanol–water partition coefficient (Wildman–Crippen LogP) is 5.06. The van der Waals surface area contributed by atoms with Gasteiger partial charge in [0.15, 0.2) is 0 Å². The minimum Gasteiger partial charge on any atom is -0.353 e. The lowest BCUT2D eigenvalue weighted by Crippen LogP contribution is -2.23. The molecular formula is C19H15Cl2N3O. The SMILES string of the molecule is O=C(NCc1ccccc1)c1ccc(Nc2cc(Cl)ccc2Cl)cn1. The second-order valence-corrected chi connectivity index (χ2v) is 6.19. The molecule has 6 heteroatoms. The molecule has 0 aliphatic heterocycles. The van der Waals surface area contributed by atoms with Gasteiger partial charge in [0.2, 0.25) is 0 Å². The van der Waals surface area contributed by atoms with E-state index in [2.05, 4.69) is 15.6 Å². The van der Waals surface area contributed by atoms with Crippen molar-refractivity contribution in [2.45, 2.75) is 6.54 Å². The number of benzene rings is 2. The van der Waals surface area contributed by atoms with Crippen molar-refractivity contribution in [3.63, 3.8) is 0 Å². The summed E-state index contributed by atoms with van der Waals surface area (Å²) in [5.74, 6) is -0.226. The van der Waals surface area contributed by atoms with E-state index in [4.69, 9.17) is 23.2 Å². The van der Waals surface area contributed by atoms with Crippen LogP contribution in [0.3, 0.4) is 0 Å². The molecule has 0 saturated heterocycles. The predicted molar refractivity (Wildman–Crippen MR) is 102 cm³/mol. The summed E-state index contributed by atoms with van der Waals surface area (Å²) >= 11 is 12.1. The zero-order valence-corrected chi connectivity index (χ0v) is 14.7. The van der Waals surface area contributed by atoms with Gasteiger partial charge in [-0.05, 0) is 35.9 Å². The molecule has 25 heavy (non-hydrogen) atoms. The number of amides is 1. The molecule has 0 spiro atoms. The lowest BCUT2D eigenvalue weighted by molar-refractivity contribution is 0.0946. The molecular weight excluding hydrogens is 357 g/mol. The summed E-state index contributed by atoms with van der Waals surface area (Å²) in [5, 5.41) is 7.10. The fourth-order valence-corrected chi connectivity index (χ4v) is 2.56. The molecule has 1 heterocycles. The van der Waals surface area contributed by atoms with Gasteiger partial charge in [-0.1, -0.05) is 53.5 Å². The van der Waals surface area contributed by atoms with Gasteiger partial charge >= 0.3 is 0 Å². The van der Waals surface area contributed by atoms with Gasteiger partial charge in [-0.3, -0.25) is 4.79 Å². The number of hydrogen-bond acceptors (Lipinski definition) is 3. The third-order valence-electron chi connectivity index (χ3n) is 3.50. The van der Waals surface area contributed by atoms with Crippen molar-refractivity contribution in [3.8, 4) is 0 Å². The number of carbonyl (C=O) groups is 1. The maximum absolute atomic E-state index is 12.2. The zero-order valence-electron chi connectivity index (χ0n) is 13.2. The first-order valence-electron chi connectivity index (χ1n) is 7.62. The van der Waals surface area contributed by atoms with Crippen molar-refractivity contribution in [1.29, 1.82) is 0 Å². The van der Waals surface area contributed by atoms with Crippen LogP contribution in [0, 0.1) is 0 Å². The quantitative estimate of drug-likeness (QED) is 0.658. The summed E-state index contributed by atoms with van der Waals surface area (Å²) in [6.07, 6.45) is 1.58. The van der Waals surface area contributed by atoms with Crippen molar-refractivity contribution in [1.82, 2.24) is 10.3 Å². The first kappa shape index (κ1) is 17.3. The van der Waals surface area contributed by atoms with E-state index in [9.17, 15) is 4.79 Å². The van der Waals surface area contributed by atoms with Crippen LogP contribution in [0.15, 0.2) is 66.9 Å². The van der Waals surface area contributed by atoms with E-state index < -0.39 is 0 Å². The fourth-order valence-electron chi connectivity index (χ4n) is 2.22. The second-order valence-electron chi connectivity index (χ2n) is 5.35. The summed E-state index contributed by atoms with van der Waals surface area (Å²) in [6.45, 7) is 0.458. The molecule has 126 valence electrons. The van der Waals surface area contributed by atoms with Crippen LogP contribution in [0.5, 0.6) is 0 Å². The van der Waals surface area contributed by atoms with E-state index in [1.54, 1.807) is 36.5 Å². The van der Waals surface area contributed by atoms with Crippen LogP contribution in [0.2, 0.25) is 10.0 Å². The average Bonchev–Trinajstić information content (AvgIpc) is 2.64. The van der Waals surface area contributed by atoms with Crippen LogP contribution < -0.4 is 10.6 Å². The van der Waals surface area contributed by atoms with Gasteiger partial charge in [0.05, 0.1) is 22.6 Å². The number of nitrogens with one attached hydrogen (secondary N) is 2. The van der Waals surface area contributed by atoms with Crippen LogP contribution in [0.4, 0.5) is 11.4 Å². The van der Waals surface area contributed by atoms with Gasteiger partial charge in [0, 0.05) is 11.6 Å². The Morgan fingerprint density at radius 3 is 2.52 bits per heavy atom. The summed E-state index contributed by atoms with van der Waals surface area (Å²) in [6, 6.07) is 18.3. The van der Waals surface area contributed by atoms with Gasteiger partial charge in [0.25, 0.3) is 5.91 Å². The maximum atomic E-state index is 12.2. The number of anilines is 2. The van der Waals surface area contributed by atoms with Crippen LogP contribution in [-0.2, 0) is 6.54 Å². The van der Waals surface area contributed by atoms with Crippen LogP contribution >= 0.6 is 23.2 Å². The Labute approximate surface area is 155 Å². The van der Waals surface area contributed by atoms with Crippen LogP contribution in [0.25, 0.3) is 0 Å². The monoisotopic (exact) mass is 371 g/mol. The van der Waals surface area contributed by atoms with Gasteiger partial charge in [-0.15, -0.1) is 0 Å². The van der Waals surface area contributed by atoms with Gasteiger partial charge < -0.3 is 10.6 Å². The van der Waals surface area contributed by atoms with E-state index in [0.29, 0.717) is 33.7 Å². The van der Waals surface area contributed by atoms with Gasteiger partial charge in [-0.2, -0.15) is 0 Å². The van der Waals surface area contributed by atoms with E-state index in [1.807, 2.05) is 30.3 Å². The smallest absolute Gasteiger partial charge is 0.270 e. The number of carbonyl (C=O) groups excluding carboxylic acids is 1. The van der Waals surface area contributed by atoms with Gasteiger partial charge in [-0.25, -0.2) is 4.98 Å². The Kier molecular flexibility index (Phi) is 5.53. The van der Waals surface area contributed by atoms with Crippen molar-refractivity contribution in [2.75, 3.05) is 5.32 Å². The molecule has 0 atom stereocenters. The highest BCUT2D eigenvalue weighted by atomic mass is 35.5. The van der Waals surface area contributed by atoms with E-state index in [1.165, 1.54) is 0 Å². The third-order valence-corrected chi connectivity index (χ3v) is 4.06. The molecule has 0 unspecified atom stereocenters. The van der Waals surface area contributed by atoms with Crippen molar-refractivity contribution >= 4 is 40.5 Å².